The van der Waals surface area contributed by atoms with Crippen LogP contribution < -0.4 is 9.80 Å². The Morgan fingerprint density at radius 3 is 2.41 bits per heavy atom. The summed E-state index contributed by atoms with van der Waals surface area (Å²) in [6.07, 6.45) is 3.58. The van der Waals surface area contributed by atoms with Gasteiger partial charge in [0.1, 0.15) is 17.6 Å². The number of rotatable bonds is 2. The second-order valence-electron chi connectivity index (χ2n) is 6.03. The monoisotopic (exact) mass is 291 g/mol. The third-order valence-electron chi connectivity index (χ3n) is 4.68. The minimum Gasteiger partial charge on any atom is -0.371 e. The average molecular weight is 291 g/mol. The molecular formula is C17H17N5. The highest BCUT2D eigenvalue weighted by atomic mass is 15.3. The fourth-order valence-electron chi connectivity index (χ4n) is 3.61. The van der Waals surface area contributed by atoms with Gasteiger partial charge in [-0.1, -0.05) is 6.07 Å². The molecule has 4 heterocycles. The van der Waals surface area contributed by atoms with E-state index in [0.29, 0.717) is 17.5 Å². The highest BCUT2D eigenvalue weighted by Crippen LogP contribution is 2.35. The predicted octanol–water partition coefficient (Wildman–Crippen LogP) is 1.92. The quantitative estimate of drug-likeness (QED) is 0.846. The van der Waals surface area contributed by atoms with Gasteiger partial charge in [-0.05, 0) is 24.3 Å². The molecule has 0 spiro atoms. The first kappa shape index (κ1) is 13.1. The molecule has 2 unspecified atom stereocenters. The molecule has 2 fully saturated rings. The molecule has 0 aromatic carbocycles. The Labute approximate surface area is 129 Å². The zero-order valence-electron chi connectivity index (χ0n) is 12.3. The molecule has 2 aliphatic heterocycles. The Kier molecular flexibility index (Phi) is 3.15. The van der Waals surface area contributed by atoms with Gasteiger partial charge in [0.25, 0.3) is 0 Å². The van der Waals surface area contributed by atoms with Crippen LogP contribution in [0.15, 0.2) is 42.7 Å². The summed E-state index contributed by atoms with van der Waals surface area (Å²) in [7, 11) is 0. The number of hydrogen-bond donors (Lipinski definition) is 0. The highest BCUT2D eigenvalue weighted by Gasteiger charge is 2.40. The molecule has 0 bridgehead atoms. The van der Waals surface area contributed by atoms with Gasteiger partial charge in [-0.3, -0.25) is 0 Å². The van der Waals surface area contributed by atoms with Gasteiger partial charge >= 0.3 is 0 Å². The van der Waals surface area contributed by atoms with Crippen molar-refractivity contribution in [2.45, 2.75) is 0 Å². The molecule has 2 aromatic rings. The van der Waals surface area contributed by atoms with E-state index in [1.54, 1.807) is 6.20 Å². The third kappa shape index (κ3) is 2.27. The third-order valence-corrected chi connectivity index (χ3v) is 4.68. The SMILES string of the molecule is N#Cc1cc(N2CC3CN(c4ccccn4)CC3C2)ccn1. The van der Waals surface area contributed by atoms with E-state index in [2.05, 4.69) is 31.9 Å². The van der Waals surface area contributed by atoms with Gasteiger partial charge in [0, 0.05) is 56.1 Å². The summed E-state index contributed by atoms with van der Waals surface area (Å²) in [6.45, 7) is 4.22. The summed E-state index contributed by atoms with van der Waals surface area (Å²) in [5.74, 6) is 2.42. The molecule has 2 aromatic heterocycles. The maximum absolute atomic E-state index is 8.98. The Bertz CT molecular complexity index is 694. The van der Waals surface area contributed by atoms with Crippen LogP contribution in [0.2, 0.25) is 0 Å². The van der Waals surface area contributed by atoms with Gasteiger partial charge in [-0.2, -0.15) is 5.26 Å². The normalized spacial score (nSPS) is 23.4. The number of nitriles is 1. The topological polar surface area (TPSA) is 56.1 Å². The summed E-state index contributed by atoms with van der Waals surface area (Å²) >= 11 is 0. The lowest BCUT2D eigenvalue weighted by Crippen LogP contribution is -2.29. The summed E-state index contributed by atoms with van der Waals surface area (Å²) in [5.41, 5.74) is 1.61. The van der Waals surface area contributed by atoms with E-state index < -0.39 is 0 Å². The number of anilines is 2. The van der Waals surface area contributed by atoms with Crippen LogP contribution in [0.1, 0.15) is 5.69 Å². The van der Waals surface area contributed by atoms with E-state index in [1.807, 2.05) is 30.5 Å². The van der Waals surface area contributed by atoms with Gasteiger partial charge in [0.05, 0.1) is 0 Å². The van der Waals surface area contributed by atoms with E-state index in [1.165, 1.54) is 0 Å². The maximum Gasteiger partial charge on any atom is 0.142 e. The summed E-state index contributed by atoms with van der Waals surface area (Å²) < 4.78 is 0. The van der Waals surface area contributed by atoms with Crippen LogP contribution in [0.5, 0.6) is 0 Å². The van der Waals surface area contributed by atoms with Crippen molar-refractivity contribution in [1.29, 1.82) is 5.26 Å². The molecule has 0 amide bonds. The van der Waals surface area contributed by atoms with Crippen LogP contribution in [-0.2, 0) is 0 Å². The molecule has 0 saturated carbocycles. The summed E-state index contributed by atoms with van der Waals surface area (Å²) in [5, 5.41) is 8.98. The van der Waals surface area contributed by atoms with Crippen molar-refractivity contribution in [3.05, 3.63) is 48.4 Å². The van der Waals surface area contributed by atoms with E-state index in [4.69, 9.17) is 5.26 Å². The van der Waals surface area contributed by atoms with E-state index in [0.717, 1.165) is 37.7 Å². The minimum atomic E-state index is 0.490. The fourth-order valence-corrected chi connectivity index (χ4v) is 3.61. The second-order valence-corrected chi connectivity index (χ2v) is 6.03. The first-order chi connectivity index (χ1) is 10.8. The largest absolute Gasteiger partial charge is 0.371 e. The Morgan fingerprint density at radius 1 is 0.955 bits per heavy atom. The lowest BCUT2D eigenvalue weighted by molar-refractivity contribution is 0.533. The van der Waals surface area contributed by atoms with E-state index in [9.17, 15) is 0 Å². The minimum absolute atomic E-state index is 0.490. The van der Waals surface area contributed by atoms with E-state index in [-0.39, 0.29) is 0 Å². The molecule has 4 rings (SSSR count). The molecule has 110 valence electrons. The molecule has 2 saturated heterocycles. The van der Waals surface area contributed by atoms with Crippen molar-refractivity contribution in [3.63, 3.8) is 0 Å². The van der Waals surface area contributed by atoms with Gasteiger partial charge in [0.15, 0.2) is 0 Å². The summed E-state index contributed by atoms with van der Waals surface area (Å²) in [6, 6.07) is 12.1. The van der Waals surface area contributed by atoms with Crippen molar-refractivity contribution in [1.82, 2.24) is 9.97 Å². The van der Waals surface area contributed by atoms with Crippen LogP contribution in [-0.4, -0.2) is 36.1 Å². The zero-order chi connectivity index (χ0) is 14.9. The molecule has 2 atom stereocenters. The van der Waals surface area contributed by atoms with Gasteiger partial charge in [0.2, 0.25) is 0 Å². The standard InChI is InChI=1S/C17H17N5/c18-8-15-7-16(4-6-19-15)21-9-13-11-22(12-14(13)10-21)17-3-1-2-5-20-17/h1-7,13-14H,9-12H2. The second kappa shape index (κ2) is 5.30. The van der Waals surface area contributed by atoms with Crippen molar-refractivity contribution in [2.24, 2.45) is 11.8 Å². The Balaban J connectivity index is 1.46. The lowest BCUT2D eigenvalue weighted by Gasteiger charge is -2.23. The highest BCUT2D eigenvalue weighted by molar-refractivity contribution is 5.51. The number of pyridine rings is 2. The van der Waals surface area contributed by atoms with Crippen LogP contribution in [0, 0.1) is 23.2 Å². The smallest absolute Gasteiger partial charge is 0.142 e. The van der Waals surface area contributed by atoms with Crippen molar-refractivity contribution >= 4 is 11.5 Å². The van der Waals surface area contributed by atoms with Gasteiger partial charge in [-0.25, -0.2) is 9.97 Å². The van der Waals surface area contributed by atoms with Crippen molar-refractivity contribution in [2.75, 3.05) is 36.0 Å². The molecule has 2 aliphatic rings. The molecule has 5 nitrogen and oxygen atoms in total. The van der Waals surface area contributed by atoms with Crippen LogP contribution in [0.25, 0.3) is 0 Å². The molecular weight excluding hydrogens is 274 g/mol. The van der Waals surface area contributed by atoms with Crippen LogP contribution >= 0.6 is 0 Å². The average Bonchev–Trinajstić information content (AvgIpc) is 3.14. The van der Waals surface area contributed by atoms with Crippen molar-refractivity contribution in [3.8, 4) is 6.07 Å². The first-order valence-corrected chi connectivity index (χ1v) is 7.60. The first-order valence-electron chi connectivity index (χ1n) is 7.60. The predicted molar refractivity (Wildman–Crippen MR) is 84.6 cm³/mol. The zero-order valence-corrected chi connectivity index (χ0v) is 12.3. The molecule has 5 heteroatoms. The number of aromatic nitrogens is 2. The van der Waals surface area contributed by atoms with E-state index >= 15 is 0 Å². The molecule has 0 N–H and O–H groups in total. The molecule has 0 aliphatic carbocycles. The number of nitrogens with zero attached hydrogens (tertiary/aromatic N) is 5. The lowest BCUT2D eigenvalue weighted by atomic mass is 10.0. The van der Waals surface area contributed by atoms with Crippen LogP contribution in [0.3, 0.4) is 0 Å². The van der Waals surface area contributed by atoms with Gasteiger partial charge < -0.3 is 9.80 Å². The Morgan fingerprint density at radius 2 is 1.73 bits per heavy atom. The van der Waals surface area contributed by atoms with Crippen molar-refractivity contribution < 1.29 is 0 Å². The maximum atomic E-state index is 8.98. The Hall–Kier alpha value is -2.61. The van der Waals surface area contributed by atoms with Crippen LogP contribution in [0.4, 0.5) is 11.5 Å². The summed E-state index contributed by atoms with van der Waals surface area (Å²) in [4.78, 5) is 13.3. The van der Waals surface area contributed by atoms with Gasteiger partial charge in [-0.15, -0.1) is 0 Å². The number of hydrogen-bond acceptors (Lipinski definition) is 5. The number of fused-ring (bicyclic) bond motifs is 1. The molecule has 22 heavy (non-hydrogen) atoms. The molecule has 0 radical (unpaired) electrons. The fraction of sp³-hybridized carbons (Fsp3) is 0.353.